The first-order valence-electron chi connectivity index (χ1n) is 10.1. The first-order valence-corrected chi connectivity index (χ1v) is 10.1. The van der Waals surface area contributed by atoms with Gasteiger partial charge in [-0.3, -0.25) is 9.13 Å². The average Bonchev–Trinajstić information content (AvgIpc) is 2.77. The van der Waals surface area contributed by atoms with Crippen LogP contribution in [0, 0.1) is 13.8 Å². The smallest absolute Gasteiger partial charge is 0.335 e. The third kappa shape index (κ3) is 4.16. The SMILES string of the molecule is CCn1c(-c2ccc(OC)c(OC)c2)cc(=Nc2c(C)cc(C(=O)O)cc2C)n(C)c1=O. The summed E-state index contributed by atoms with van der Waals surface area (Å²) >= 11 is 0. The third-order valence-corrected chi connectivity index (χ3v) is 5.38. The number of hydrogen-bond acceptors (Lipinski definition) is 5. The number of carboxylic acid groups (broad SMARTS) is 1. The van der Waals surface area contributed by atoms with Gasteiger partial charge in [0.25, 0.3) is 0 Å². The number of nitrogens with zero attached hydrogens (tertiary/aromatic N) is 3. The van der Waals surface area contributed by atoms with E-state index in [1.165, 1.54) is 4.57 Å². The molecule has 1 heterocycles. The lowest BCUT2D eigenvalue weighted by Gasteiger charge is -2.16. The van der Waals surface area contributed by atoms with Gasteiger partial charge >= 0.3 is 11.7 Å². The van der Waals surface area contributed by atoms with E-state index >= 15 is 0 Å². The number of benzene rings is 2. The molecule has 0 fully saturated rings. The zero-order valence-corrected chi connectivity index (χ0v) is 19.1. The highest BCUT2D eigenvalue weighted by atomic mass is 16.5. The van der Waals surface area contributed by atoms with Crippen LogP contribution in [0.4, 0.5) is 5.69 Å². The first kappa shape index (κ1) is 22.9. The molecule has 32 heavy (non-hydrogen) atoms. The van der Waals surface area contributed by atoms with Crippen molar-refractivity contribution in [1.82, 2.24) is 9.13 Å². The van der Waals surface area contributed by atoms with Crippen LogP contribution in [0.5, 0.6) is 11.5 Å². The molecule has 8 nitrogen and oxygen atoms in total. The molecule has 0 aliphatic rings. The normalized spacial score (nSPS) is 11.5. The molecule has 3 rings (SSSR count). The summed E-state index contributed by atoms with van der Waals surface area (Å²) in [5, 5.41) is 9.30. The average molecular weight is 437 g/mol. The molecule has 0 aliphatic carbocycles. The Hall–Kier alpha value is -3.81. The molecule has 3 aromatic rings. The topological polar surface area (TPSA) is 95.0 Å². The number of aromatic carboxylic acids is 1. The molecule has 1 N–H and O–H groups in total. The summed E-state index contributed by atoms with van der Waals surface area (Å²) in [5.41, 5.74) is 3.99. The zero-order valence-electron chi connectivity index (χ0n) is 19.1. The van der Waals surface area contributed by atoms with Crippen molar-refractivity contribution in [3.63, 3.8) is 0 Å². The fourth-order valence-corrected chi connectivity index (χ4v) is 3.70. The Labute approximate surface area is 186 Å². The molecule has 0 aliphatic heterocycles. The minimum Gasteiger partial charge on any atom is -0.493 e. The summed E-state index contributed by atoms with van der Waals surface area (Å²) in [6.07, 6.45) is 0. The number of ether oxygens (including phenoxy) is 2. The molecular formula is C24H27N3O5. The summed E-state index contributed by atoms with van der Waals surface area (Å²) in [4.78, 5) is 29.2. The second kappa shape index (κ2) is 9.13. The van der Waals surface area contributed by atoms with E-state index in [0.29, 0.717) is 34.9 Å². The molecule has 8 heteroatoms. The molecule has 0 saturated carbocycles. The minimum absolute atomic E-state index is 0.204. The number of aromatic nitrogens is 2. The van der Waals surface area contributed by atoms with Gasteiger partial charge in [0.15, 0.2) is 11.5 Å². The summed E-state index contributed by atoms with van der Waals surface area (Å²) in [7, 11) is 4.80. The molecule has 1 aromatic heterocycles. The summed E-state index contributed by atoms with van der Waals surface area (Å²) in [5.74, 6) is 0.162. The van der Waals surface area contributed by atoms with Gasteiger partial charge in [0.2, 0.25) is 0 Å². The predicted molar refractivity (Wildman–Crippen MR) is 122 cm³/mol. The van der Waals surface area contributed by atoms with Gasteiger partial charge in [-0.2, -0.15) is 0 Å². The van der Waals surface area contributed by atoms with Crippen molar-refractivity contribution in [2.24, 2.45) is 12.0 Å². The van der Waals surface area contributed by atoms with Crippen LogP contribution in [-0.2, 0) is 13.6 Å². The number of carboxylic acids is 1. The van der Waals surface area contributed by atoms with Crippen molar-refractivity contribution in [2.75, 3.05) is 14.2 Å². The summed E-state index contributed by atoms with van der Waals surface area (Å²) in [6.45, 7) is 5.99. The Kier molecular flexibility index (Phi) is 6.53. The molecule has 168 valence electrons. The molecule has 0 bridgehead atoms. The highest BCUT2D eigenvalue weighted by Crippen LogP contribution is 2.32. The Bertz CT molecular complexity index is 1300. The van der Waals surface area contributed by atoms with E-state index in [1.807, 2.05) is 25.1 Å². The number of hydrogen-bond donors (Lipinski definition) is 1. The van der Waals surface area contributed by atoms with Gasteiger partial charge in [0.05, 0.1) is 31.2 Å². The van der Waals surface area contributed by atoms with Crippen LogP contribution in [-0.4, -0.2) is 34.4 Å². The molecule has 0 amide bonds. The first-order chi connectivity index (χ1) is 15.2. The van der Waals surface area contributed by atoms with Crippen LogP contribution >= 0.6 is 0 Å². The van der Waals surface area contributed by atoms with Crippen molar-refractivity contribution in [3.8, 4) is 22.8 Å². The fourth-order valence-electron chi connectivity index (χ4n) is 3.70. The van der Waals surface area contributed by atoms with Gasteiger partial charge < -0.3 is 14.6 Å². The Morgan fingerprint density at radius 3 is 2.19 bits per heavy atom. The summed E-state index contributed by atoms with van der Waals surface area (Å²) < 4.78 is 13.9. The molecule has 0 saturated heterocycles. The van der Waals surface area contributed by atoms with E-state index in [0.717, 1.165) is 16.7 Å². The van der Waals surface area contributed by atoms with Gasteiger partial charge in [-0.05, 0) is 62.2 Å². The molecule has 0 unspecified atom stereocenters. The fraction of sp³-hybridized carbons (Fsp3) is 0.292. The lowest BCUT2D eigenvalue weighted by atomic mass is 10.0. The van der Waals surface area contributed by atoms with Gasteiger partial charge in [-0.15, -0.1) is 0 Å². The van der Waals surface area contributed by atoms with Gasteiger partial charge in [-0.1, -0.05) is 0 Å². The standard InChI is InChI=1S/C24H27N3O5/c1-7-27-18(16-8-9-19(31-5)20(12-16)32-6)13-21(26(4)24(27)30)25-22-14(2)10-17(23(28)29)11-15(22)3/h8-13H,7H2,1-6H3,(H,28,29). The van der Waals surface area contributed by atoms with Crippen LogP contribution in [0.3, 0.4) is 0 Å². The van der Waals surface area contributed by atoms with Crippen molar-refractivity contribution in [2.45, 2.75) is 27.3 Å². The molecule has 2 aromatic carbocycles. The molecular weight excluding hydrogens is 410 g/mol. The predicted octanol–water partition coefficient (Wildman–Crippen LogP) is 3.44. The van der Waals surface area contributed by atoms with Crippen molar-refractivity contribution < 1.29 is 19.4 Å². The molecule has 0 spiro atoms. The van der Waals surface area contributed by atoms with Gasteiger partial charge in [0.1, 0.15) is 5.49 Å². The second-order valence-electron chi connectivity index (χ2n) is 7.42. The van der Waals surface area contributed by atoms with Crippen molar-refractivity contribution in [3.05, 3.63) is 69.1 Å². The zero-order chi connectivity index (χ0) is 23.6. The van der Waals surface area contributed by atoms with Crippen LogP contribution in [0.1, 0.15) is 28.4 Å². The monoisotopic (exact) mass is 437 g/mol. The van der Waals surface area contributed by atoms with Crippen LogP contribution in [0.25, 0.3) is 11.3 Å². The number of rotatable bonds is 6. The van der Waals surface area contributed by atoms with E-state index in [9.17, 15) is 14.7 Å². The van der Waals surface area contributed by atoms with E-state index in [1.54, 1.807) is 57.9 Å². The highest BCUT2D eigenvalue weighted by molar-refractivity contribution is 5.89. The van der Waals surface area contributed by atoms with Crippen LogP contribution < -0.4 is 20.7 Å². The van der Waals surface area contributed by atoms with E-state index in [2.05, 4.69) is 0 Å². The number of carbonyl (C=O) groups is 1. The highest BCUT2D eigenvalue weighted by Gasteiger charge is 2.14. The minimum atomic E-state index is -0.991. The molecule has 0 atom stereocenters. The Morgan fingerprint density at radius 1 is 1.03 bits per heavy atom. The maximum Gasteiger partial charge on any atom is 0.335 e. The third-order valence-electron chi connectivity index (χ3n) is 5.38. The maximum absolute atomic E-state index is 13.1. The van der Waals surface area contributed by atoms with Crippen LogP contribution in [0.15, 0.2) is 46.2 Å². The Balaban J connectivity index is 2.30. The van der Waals surface area contributed by atoms with Gasteiger partial charge in [0, 0.05) is 25.2 Å². The maximum atomic E-state index is 13.1. The largest absolute Gasteiger partial charge is 0.493 e. The Morgan fingerprint density at radius 2 is 1.66 bits per heavy atom. The number of methoxy groups -OCH3 is 2. The van der Waals surface area contributed by atoms with Crippen molar-refractivity contribution in [1.29, 1.82) is 0 Å². The lowest BCUT2D eigenvalue weighted by molar-refractivity contribution is 0.0696. The van der Waals surface area contributed by atoms with E-state index in [-0.39, 0.29) is 11.3 Å². The summed E-state index contributed by atoms with van der Waals surface area (Å²) in [6, 6.07) is 10.5. The van der Waals surface area contributed by atoms with Crippen molar-refractivity contribution >= 4 is 11.7 Å². The van der Waals surface area contributed by atoms with E-state index < -0.39 is 5.97 Å². The van der Waals surface area contributed by atoms with Crippen LogP contribution in [0.2, 0.25) is 0 Å². The van der Waals surface area contributed by atoms with E-state index in [4.69, 9.17) is 14.5 Å². The quantitative estimate of drug-likeness (QED) is 0.637. The lowest BCUT2D eigenvalue weighted by Crippen LogP contribution is -2.38. The van der Waals surface area contributed by atoms with Gasteiger partial charge in [-0.25, -0.2) is 14.6 Å². The number of aryl methyl sites for hydroxylation is 2. The molecule has 0 radical (unpaired) electrons. The second-order valence-corrected chi connectivity index (χ2v) is 7.42.